The molecule has 0 aromatic rings. The number of carbonyl (C=O) groups is 2. The van der Waals surface area contributed by atoms with Crippen LogP contribution in [-0.2, 0) is 14.3 Å². The van der Waals surface area contributed by atoms with E-state index in [0.29, 0.717) is 26.1 Å². The Morgan fingerprint density at radius 1 is 1.26 bits per heavy atom. The van der Waals surface area contributed by atoms with Crippen LogP contribution in [0.4, 0.5) is 0 Å². The molecule has 110 valence electrons. The zero-order chi connectivity index (χ0) is 14.7. The van der Waals surface area contributed by atoms with E-state index in [9.17, 15) is 9.59 Å². The Balaban J connectivity index is 2.54. The van der Waals surface area contributed by atoms with Gasteiger partial charge in [-0.25, -0.2) is 0 Å². The normalized spacial score (nSPS) is 20.5. The lowest BCUT2D eigenvalue weighted by atomic mass is 9.90. The van der Waals surface area contributed by atoms with Crippen molar-refractivity contribution in [3.63, 3.8) is 0 Å². The molecule has 1 saturated heterocycles. The van der Waals surface area contributed by atoms with Gasteiger partial charge < -0.3 is 21.1 Å². The van der Waals surface area contributed by atoms with Crippen molar-refractivity contribution in [2.24, 2.45) is 5.73 Å². The lowest BCUT2D eigenvalue weighted by molar-refractivity contribution is -0.134. The van der Waals surface area contributed by atoms with E-state index in [0.717, 1.165) is 0 Å². The first-order chi connectivity index (χ1) is 8.64. The Morgan fingerprint density at radius 3 is 2.26 bits per heavy atom. The lowest BCUT2D eigenvalue weighted by Crippen LogP contribution is -2.60. The van der Waals surface area contributed by atoms with Gasteiger partial charge in [0.15, 0.2) is 0 Å². The Labute approximate surface area is 114 Å². The molecule has 1 atom stereocenters. The number of hydrogen-bond donors (Lipinski definition) is 3. The van der Waals surface area contributed by atoms with Crippen molar-refractivity contribution in [2.75, 3.05) is 13.2 Å². The first-order valence-electron chi connectivity index (χ1n) is 6.64. The van der Waals surface area contributed by atoms with Gasteiger partial charge in [-0.2, -0.15) is 0 Å². The van der Waals surface area contributed by atoms with Gasteiger partial charge in [-0.3, -0.25) is 9.59 Å². The number of nitrogens with one attached hydrogen (secondary N) is 2. The third kappa shape index (κ3) is 4.80. The highest BCUT2D eigenvalue weighted by Gasteiger charge is 2.37. The molecule has 0 aromatic carbocycles. The molecule has 0 bridgehead atoms. The molecule has 1 rings (SSSR count). The van der Waals surface area contributed by atoms with E-state index in [-0.39, 0.29) is 17.4 Å². The monoisotopic (exact) mass is 271 g/mol. The van der Waals surface area contributed by atoms with Crippen LogP contribution in [0.15, 0.2) is 0 Å². The van der Waals surface area contributed by atoms with E-state index in [1.54, 1.807) is 6.92 Å². The lowest BCUT2D eigenvalue weighted by Gasteiger charge is -2.33. The summed E-state index contributed by atoms with van der Waals surface area (Å²) in [6.45, 7) is 8.29. The SMILES string of the molecule is CC(NC(=O)C1(N)CCOCC1)C(=O)NC(C)(C)C. The molecule has 1 aliphatic rings. The van der Waals surface area contributed by atoms with E-state index in [2.05, 4.69) is 10.6 Å². The summed E-state index contributed by atoms with van der Waals surface area (Å²) in [5.41, 5.74) is 4.81. The van der Waals surface area contributed by atoms with Gasteiger partial charge in [-0.1, -0.05) is 0 Å². The largest absolute Gasteiger partial charge is 0.381 e. The molecule has 1 aliphatic heterocycles. The van der Waals surface area contributed by atoms with Crippen LogP contribution >= 0.6 is 0 Å². The molecule has 6 nitrogen and oxygen atoms in total. The Bertz CT molecular complexity index is 344. The molecular formula is C13H25N3O3. The number of nitrogens with two attached hydrogens (primary N) is 1. The molecule has 1 fully saturated rings. The fourth-order valence-corrected chi connectivity index (χ4v) is 1.85. The van der Waals surface area contributed by atoms with Crippen LogP contribution < -0.4 is 16.4 Å². The number of rotatable bonds is 3. The van der Waals surface area contributed by atoms with Gasteiger partial charge in [0.2, 0.25) is 11.8 Å². The summed E-state index contributed by atoms with van der Waals surface area (Å²) in [5.74, 6) is -0.496. The van der Waals surface area contributed by atoms with E-state index >= 15 is 0 Å². The highest BCUT2D eigenvalue weighted by molar-refractivity contribution is 5.92. The molecule has 0 radical (unpaired) electrons. The van der Waals surface area contributed by atoms with Crippen LogP contribution in [0, 0.1) is 0 Å². The van der Waals surface area contributed by atoms with Gasteiger partial charge in [0.25, 0.3) is 0 Å². The molecule has 0 aliphatic carbocycles. The average molecular weight is 271 g/mol. The van der Waals surface area contributed by atoms with E-state index < -0.39 is 11.6 Å². The maximum Gasteiger partial charge on any atom is 0.242 e. The second kappa shape index (κ2) is 5.88. The van der Waals surface area contributed by atoms with Crippen molar-refractivity contribution >= 4 is 11.8 Å². The molecule has 1 heterocycles. The first-order valence-corrected chi connectivity index (χ1v) is 6.64. The van der Waals surface area contributed by atoms with Crippen molar-refractivity contribution in [3.05, 3.63) is 0 Å². The van der Waals surface area contributed by atoms with Crippen LogP contribution in [0.2, 0.25) is 0 Å². The van der Waals surface area contributed by atoms with Gasteiger partial charge >= 0.3 is 0 Å². The minimum absolute atomic E-state index is 0.212. The van der Waals surface area contributed by atoms with Gasteiger partial charge in [-0.15, -0.1) is 0 Å². The summed E-state index contributed by atoms with van der Waals surface area (Å²) in [6, 6.07) is -0.602. The predicted octanol–water partition coefficient (Wildman–Crippen LogP) is -0.0863. The summed E-state index contributed by atoms with van der Waals surface area (Å²) in [7, 11) is 0. The predicted molar refractivity (Wildman–Crippen MR) is 72.5 cm³/mol. The number of ether oxygens (including phenoxy) is 1. The Kier molecular flexibility index (Phi) is 4.92. The highest BCUT2D eigenvalue weighted by Crippen LogP contribution is 2.17. The van der Waals surface area contributed by atoms with Gasteiger partial charge in [0.05, 0.1) is 5.54 Å². The van der Waals surface area contributed by atoms with Crippen molar-refractivity contribution in [3.8, 4) is 0 Å². The Morgan fingerprint density at radius 2 is 1.79 bits per heavy atom. The zero-order valence-electron chi connectivity index (χ0n) is 12.2. The van der Waals surface area contributed by atoms with Gasteiger partial charge in [0.1, 0.15) is 6.04 Å². The van der Waals surface area contributed by atoms with Crippen LogP contribution in [0.1, 0.15) is 40.5 Å². The second-order valence-electron chi connectivity index (χ2n) is 6.20. The smallest absolute Gasteiger partial charge is 0.242 e. The minimum Gasteiger partial charge on any atom is -0.381 e. The maximum absolute atomic E-state index is 12.1. The molecular weight excluding hydrogens is 246 g/mol. The third-order valence-electron chi connectivity index (χ3n) is 3.08. The summed E-state index contributed by atoms with van der Waals surface area (Å²) in [6.07, 6.45) is 0.957. The molecule has 19 heavy (non-hydrogen) atoms. The van der Waals surface area contributed by atoms with Crippen LogP contribution in [0.5, 0.6) is 0 Å². The Hall–Kier alpha value is -1.14. The first kappa shape index (κ1) is 15.9. The topological polar surface area (TPSA) is 93.5 Å². The maximum atomic E-state index is 12.1. The van der Waals surface area contributed by atoms with E-state index in [1.807, 2.05) is 20.8 Å². The average Bonchev–Trinajstić information content (AvgIpc) is 2.27. The third-order valence-corrected chi connectivity index (χ3v) is 3.08. The van der Waals surface area contributed by atoms with Crippen LogP contribution in [-0.4, -0.2) is 42.1 Å². The summed E-state index contributed by atoms with van der Waals surface area (Å²) < 4.78 is 5.19. The summed E-state index contributed by atoms with van der Waals surface area (Å²) in [5, 5.41) is 5.50. The molecule has 2 amide bonds. The van der Waals surface area contributed by atoms with E-state index in [4.69, 9.17) is 10.5 Å². The molecule has 4 N–H and O–H groups in total. The quantitative estimate of drug-likeness (QED) is 0.669. The fraction of sp³-hybridized carbons (Fsp3) is 0.846. The summed E-state index contributed by atoms with van der Waals surface area (Å²) in [4.78, 5) is 24.0. The molecule has 0 spiro atoms. The number of amides is 2. The van der Waals surface area contributed by atoms with Crippen molar-refractivity contribution < 1.29 is 14.3 Å². The molecule has 6 heteroatoms. The van der Waals surface area contributed by atoms with Crippen LogP contribution in [0.25, 0.3) is 0 Å². The number of carbonyl (C=O) groups excluding carboxylic acids is 2. The number of hydrogen-bond acceptors (Lipinski definition) is 4. The highest BCUT2D eigenvalue weighted by atomic mass is 16.5. The second-order valence-corrected chi connectivity index (χ2v) is 6.20. The molecule has 1 unspecified atom stereocenters. The minimum atomic E-state index is -0.922. The van der Waals surface area contributed by atoms with Crippen molar-refractivity contribution in [1.82, 2.24) is 10.6 Å². The van der Waals surface area contributed by atoms with E-state index in [1.165, 1.54) is 0 Å². The van der Waals surface area contributed by atoms with Crippen molar-refractivity contribution in [1.29, 1.82) is 0 Å². The fourth-order valence-electron chi connectivity index (χ4n) is 1.85. The van der Waals surface area contributed by atoms with Gasteiger partial charge in [-0.05, 0) is 40.5 Å². The molecule has 0 saturated carbocycles. The molecule has 0 aromatic heterocycles. The zero-order valence-corrected chi connectivity index (χ0v) is 12.2. The van der Waals surface area contributed by atoms with Crippen molar-refractivity contribution in [2.45, 2.75) is 57.7 Å². The standard InChI is InChI=1S/C13H25N3O3/c1-9(10(17)16-12(2,3)4)15-11(18)13(14)5-7-19-8-6-13/h9H,5-8,14H2,1-4H3,(H,15,18)(H,16,17). The van der Waals surface area contributed by atoms with Gasteiger partial charge in [0, 0.05) is 18.8 Å². The van der Waals surface area contributed by atoms with Crippen LogP contribution in [0.3, 0.4) is 0 Å². The summed E-state index contributed by atoms with van der Waals surface area (Å²) >= 11 is 0.